The molecule has 0 aliphatic heterocycles. The van der Waals surface area contributed by atoms with E-state index in [1.165, 1.54) is 5.56 Å². The van der Waals surface area contributed by atoms with E-state index in [0.29, 0.717) is 12.0 Å². The zero-order valence-electron chi connectivity index (χ0n) is 13.2. The highest BCUT2D eigenvalue weighted by Crippen LogP contribution is 2.35. The molecular weight excluding hydrogens is 274 g/mol. The average molecular weight is 297 g/mol. The number of rotatable bonds is 5. The van der Waals surface area contributed by atoms with Gasteiger partial charge in [-0.25, -0.2) is 9.97 Å². The van der Waals surface area contributed by atoms with Gasteiger partial charge in [0.2, 0.25) is 0 Å². The summed E-state index contributed by atoms with van der Waals surface area (Å²) in [7, 11) is 2.04. The van der Waals surface area contributed by atoms with Crippen LogP contribution in [0, 0.1) is 0 Å². The molecule has 0 aromatic carbocycles. The Morgan fingerprint density at radius 3 is 2.68 bits per heavy atom. The molecule has 0 saturated heterocycles. The van der Waals surface area contributed by atoms with E-state index in [9.17, 15) is 0 Å². The van der Waals surface area contributed by atoms with Gasteiger partial charge in [0.15, 0.2) is 0 Å². The molecule has 1 aliphatic carbocycles. The third kappa shape index (κ3) is 3.25. The predicted molar refractivity (Wildman–Crippen MR) is 87.7 cm³/mol. The van der Waals surface area contributed by atoms with Crippen molar-refractivity contribution in [2.75, 3.05) is 11.9 Å². The molecule has 3 rings (SSSR count). The lowest BCUT2D eigenvalue weighted by Gasteiger charge is -2.32. The van der Waals surface area contributed by atoms with Gasteiger partial charge in [-0.1, -0.05) is 13.0 Å². The number of hydrogen-bond donors (Lipinski definition) is 1. The molecule has 5 heteroatoms. The fourth-order valence-corrected chi connectivity index (χ4v) is 2.78. The Balaban J connectivity index is 1.68. The summed E-state index contributed by atoms with van der Waals surface area (Å²) in [6.07, 6.45) is 6.67. The van der Waals surface area contributed by atoms with E-state index in [4.69, 9.17) is 5.73 Å². The summed E-state index contributed by atoms with van der Waals surface area (Å²) < 4.78 is 0. The number of nitrogens with two attached hydrogens (primary N) is 1. The van der Waals surface area contributed by atoms with E-state index in [0.717, 1.165) is 43.0 Å². The van der Waals surface area contributed by atoms with Crippen LogP contribution in [0.25, 0.3) is 0 Å². The molecule has 2 aromatic rings. The maximum absolute atomic E-state index is 5.87. The van der Waals surface area contributed by atoms with Crippen LogP contribution in [0.5, 0.6) is 0 Å². The fraction of sp³-hybridized carbons (Fsp3) is 0.471. The quantitative estimate of drug-likeness (QED) is 0.917. The van der Waals surface area contributed by atoms with Crippen molar-refractivity contribution in [1.82, 2.24) is 15.0 Å². The summed E-state index contributed by atoms with van der Waals surface area (Å²) >= 11 is 0. The zero-order chi connectivity index (χ0) is 15.5. The van der Waals surface area contributed by atoms with Crippen LogP contribution in [-0.2, 0) is 13.0 Å². The number of hydrogen-bond acceptors (Lipinski definition) is 5. The van der Waals surface area contributed by atoms with Crippen molar-refractivity contribution in [3.8, 4) is 0 Å². The van der Waals surface area contributed by atoms with Crippen LogP contribution in [0.2, 0.25) is 0 Å². The molecule has 0 bridgehead atoms. The van der Waals surface area contributed by atoms with Gasteiger partial charge in [0.25, 0.3) is 0 Å². The zero-order valence-corrected chi connectivity index (χ0v) is 13.2. The van der Waals surface area contributed by atoms with Gasteiger partial charge in [-0.3, -0.25) is 4.98 Å². The first-order valence-corrected chi connectivity index (χ1v) is 7.88. The summed E-state index contributed by atoms with van der Waals surface area (Å²) in [5, 5.41) is 0. The highest BCUT2D eigenvalue weighted by Gasteiger charge is 2.28. The van der Waals surface area contributed by atoms with Crippen LogP contribution in [0.15, 0.2) is 30.7 Å². The molecule has 0 spiro atoms. The van der Waals surface area contributed by atoms with E-state index in [-0.39, 0.29) is 0 Å². The van der Waals surface area contributed by atoms with E-state index < -0.39 is 0 Å². The van der Waals surface area contributed by atoms with Crippen molar-refractivity contribution in [2.45, 2.75) is 44.7 Å². The minimum absolute atomic E-state index is 0.336. The van der Waals surface area contributed by atoms with Gasteiger partial charge in [0.05, 0.1) is 12.2 Å². The highest BCUT2D eigenvalue weighted by molar-refractivity contribution is 5.39. The summed E-state index contributed by atoms with van der Waals surface area (Å²) in [5.41, 5.74) is 9.28. The monoisotopic (exact) mass is 297 g/mol. The number of aryl methyl sites for hydroxylation is 1. The minimum atomic E-state index is 0.336. The van der Waals surface area contributed by atoms with Crippen molar-refractivity contribution < 1.29 is 0 Å². The highest BCUT2D eigenvalue weighted by atomic mass is 15.2. The first-order valence-electron chi connectivity index (χ1n) is 7.88. The number of pyridine rings is 1. The van der Waals surface area contributed by atoms with Gasteiger partial charge in [-0.2, -0.15) is 0 Å². The second-order valence-electron chi connectivity index (χ2n) is 6.10. The third-order valence-corrected chi connectivity index (χ3v) is 4.35. The second kappa shape index (κ2) is 6.40. The van der Waals surface area contributed by atoms with Crippen molar-refractivity contribution in [2.24, 2.45) is 5.73 Å². The van der Waals surface area contributed by atoms with E-state index in [1.807, 2.05) is 13.2 Å². The summed E-state index contributed by atoms with van der Waals surface area (Å²) in [5.74, 6) is 1.43. The molecule has 0 atom stereocenters. The Bertz CT molecular complexity index is 619. The van der Waals surface area contributed by atoms with Gasteiger partial charge >= 0.3 is 0 Å². The van der Waals surface area contributed by atoms with E-state index >= 15 is 0 Å². The van der Waals surface area contributed by atoms with Gasteiger partial charge in [0, 0.05) is 37.0 Å². The largest absolute Gasteiger partial charge is 0.354 e. The van der Waals surface area contributed by atoms with Crippen LogP contribution >= 0.6 is 0 Å². The molecular formula is C17H23N5. The lowest BCUT2D eigenvalue weighted by Crippen LogP contribution is -2.35. The van der Waals surface area contributed by atoms with Gasteiger partial charge in [-0.05, 0) is 30.9 Å². The number of anilines is 1. The number of aromatic nitrogens is 3. The lowest BCUT2D eigenvalue weighted by atomic mass is 9.78. The van der Waals surface area contributed by atoms with Gasteiger partial charge in [0.1, 0.15) is 12.1 Å². The van der Waals surface area contributed by atoms with Crippen molar-refractivity contribution in [3.05, 3.63) is 47.7 Å². The first kappa shape index (κ1) is 14.9. The van der Waals surface area contributed by atoms with E-state index in [2.05, 4.69) is 45.0 Å². The molecule has 1 fully saturated rings. The molecule has 2 N–H and O–H groups in total. The van der Waals surface area contributed by atoms with Crippen molar-refractivity contribution >= 4 is 5.82 Å². The van der Waals surface area contributed by atoms with Crippen LogP contribution < -0.4 is 10.6 Å². The molecule has 0 unspecified atom stereocenters. The smallest absolute Gasteiger partial charge is 0.132 e. The maximum Gasteiger partial charge on any atom is 0.132 e. The molecule has 2 heterocycles. The Morgan fingerprint density at radius 2 is 2.05 bits per heavy atom. The van der Waals surface area contributed by atoms with E-state index in [1.54, 1.807) is 6.33 Å². The predicted octanol–water partition coefficient (Wildman–Crippen LogP) is 2.28. The topological polar surface area (TPSA) is 67.9 Å². The SMILES string of the molecule is CCc1ccc(CN(C)c2cc(C3CC(N)C3)ncn2)nc1. The first-order chi connectivity index (χ1) is 10.7. The Labute approximate surface area is 131 Å². The Morgan fingerprint density at radius 1 is 1.23 bits per heavy atom. The summed E-state index contributed by atoms with van der Waals surface area (Å²) in [4.78, 5) is 15.4. The van der Waals surface area contributed by atoms with Crippen molar-refractivity contribution in [1.29, 1.82) is 0 Å². The Kier molecular flexibility index (Phi) is 4.34. The molecule has 1 saturated carbocycles. The molecule has 0 radical (unpaired) electrons. The standard InChI is InChI=1S/C17H23N5/c1-3-12-4-5-15(19-9-12)10-22(2)17-8-16(20-11-21-17)13-6-14(18)7-13/h4-5,8-9,11,13-14H,3,6-7,10,18H2,1-2H3. The minimum Gasteiger partial charge on any atom is -0.354 e. The molecule has 0 amide bonds. The van der Waals surface area contributed by atoms with Crippen LogP contribution in [0.4, 0.5) is 5.82 Å². The van der Waals surface area contributed by atoms with Gasteiger partial charge < -0.3 is 10.6 Å². The average Bonchev–Trinajstić information content (AvgIpc) is 2.52. The summed E-state index contributed by atoms with van der Waals surface area (Å²) in [6.45, 7) is 2.88. The van der Waals surface area contributed by atoms with Gasteiger partial charge in [-0.15, -0.1) is 0 Å². The fourth-order valence-electron chi connectivity index (χ4n) is 2.78. The summed E-state index contributed by atoms with van der Waals surface area (Å²) in [6, 6.07) is 6.64. The second-order valence-corrected chi connectivity index (χ2v) is 6.10. The van der Waals surface area contributed by atoms with Crippen LogP contribution in [-0.4, -0.2) is 28.0 Å². The lowest BCUT2D eigenvalue weighted by molar-refractivity contribution is 0.345. The number of nitrogens with zero attached hydrogens (tertiary/aromatic N) is 4. The van der Waals surface area contributed by atoms with Crippen molar-refractivity contribution in [3.63, 3.8) is 0 Å². The molecule has 116 valence electrons. The van der Waals surface area contributed by atoms with Crippen LogP contribution in [0.1, 0.15) is 42.6 Å². The maximum atomic E-state index is 5.87. The normalized spacial score (nSPS) is 20.5. The molecule has 22 heavy (non-hydrogen) atoms. The third-order valence-electron chi connectivity index (χ3n) is 4.35. The molecule has 2 aromatic heterocycles. The molecule has 5 nitrogen and oxygen atoms in total. The van der Waals surface area contributed by atoms with Crippen LogP contribution in [0.3, 0.4) is 0 Å². The molecule has 1 aliphatic rings. The Hall–Kier alpha value is -2.01.